The largest absolute Gasteiger partial charge is 0.379 e. The molecule has 6 heteroatoms. The molecule has 1 aliphatic heterocycles. The topological polar surface area (TPSA) is 61.6 Å². The number of nitrogens with zero attached hydrogens (tertiary/aromatic N) is 4. The van der Waals surface area contributed by atoms with Crippen molar-refractivity contribution in [3.8, 4) is 0 Å². The number of hydrogen-bond donors (Lipinski definition) is 1. The SMILES string of the molecule is Cc1nn(C)cc1CN(C)CC1(O)CCCN(Cc2ccc(C(C)C)cc2)C1=O. The Morgan fingerprint density at radius 3 is 2.55 bits per heavy atom. The molecule has 2 heterocycles. The minimum Gasteiger partial charge on any atom is -0.379 e. The molecule has 1 saturated heterocycles. The van der Waals surface area contributed by atoms with Gasteiger partial charge in [-0.3, -0.25) is 14.4 Å². The quantitative estimate of drug-likeness (QED) is 0.779. The lowest BCUT2D eigenvalue weighted by Crippen LogP contribution is -2.57. The standard InChI is InChI=1S/C23H34N4O2/c1-17(2)20-9-7-19(8-10-20)13-27-12-6-11-23(29,22(27)28)16-25(4)14-21-15-26(5)24-18(21)3/h7-10,15,17,29H,6,11-14,16H2,1-5H3. The van der Waals surface area contributed by atoms with Gasteiger partial charge in [-0.25, -0.2) is 0 Å². The molecule has 1 fully saturated rings. The highest BCUT2D eigenvalue weighted by Crippen LogP contribution is 2.26. The van der Waals surface area contributed by atoms with Crippen LogP contribution >= 0.6 is 0 Å². The average Bonchev–Trinajstić information content (AvgIpc) is 2.96. The van der Waals surface area contributed by atoms with Gasteiger partial charge in [0.25, 0.3) is 5.91 Å². The third kappa shape index (κ3) is 5.06. The first-order valence-corrected chi connectivity index (χ1v) is 10.5. The van der Waals surface area contributed by atoms with Crippen molar-refractivity contribution in [1.29, 1.82) is 0 Å². The first kappa shape index (κ1) is 21.5. The van der Waals surface area contributed by atoms with Crippen LogP contribution < -0.4 is 0 Å². The zero-order chi connectivity index (χ0) is 21.2. The minimum absolute atomic E-state index is 0.161. The van der Waals surface area contributed by atoms with E-state index in [1.165, 1.54) is 5.56 Å². The van der Waals surface area contributed by atoms with E-state index in [2.05, 4.69) is 43.2 Å². The number of likely N-dealkylation sites (N-methyl/N-ethyl adjacent to an activating group) is 1. The number of benzene rings is 1. The van der Waals surface area contributed by atoms with Gasteiger partial charge in [0.2, 0.25) is 0 Å². The van der Waals surface area contributed by atoms with Crippen LogP contribution in [0.25, 0.3) is 0 Å². The van der Waals surface area contributed by atoms with E-state index in [0.29, 0.717) is 38.5 Å². The Labute approximate surface area is 174 Å². The minimum atomic E-state index is -1.33. The number of aromatic nitrogens is 2. The number of hydrogen-bond acceptors (Lipinski definition) is 4. The maximum absolute atomic E-state index is 13.1. The summed E-state index contributed by atoms with van der Waals surface area (Å²) in [4.78, 5) is 16.9. The lowest BCUT2D eigenvalue weighted by Gasteiger charge is -2.40. The molecule has 0 radical (unpaired) electrons. The van der Waals surface area contributed by atoms with Crippen LogP contribution in [-0.2, 0) is 24.9 Å². The Balaban J connectivity index is 1.64. The number of rotatable bonds is 7. The summed E-state index contributed by atoms with van der Waals surface area (Å²) >= 11 is 0. The van der Waals surface area contributed by atoms with Gasteiger partial charge in [-0.1, -0.05) is 38.1 Å². The smallest absolute Gasteiger partial charge is 0.256 e. The first-order valence-electron chi connectivity index (χ1n) is 10.5. The zero-order valence-corrected chi connectivity index (χ0v) is 18.4. The molecule has 1 aromatic heterocycles. The van der Waals surface area contributed by atoms with Crippen molar-refractivity contribution in [2.24, 2.45) is 7.05 Å². The molecule has 1 aliphatic rings. The van der Waals surface area contributed by atoms with Crippen LogP contribution in [0.5, 0.6) is 0 Å². The van der Waals surface area contributed by atoms with Crippen molar-refractivity contribution in [2.75, 3.05) is 20.1 Å². The molecule has 29 heavy (non-hydrogen) atoms. The molecule has 158 valence electrons. The van der Waals surface area contributed by atoms with E-state index in [1.54, 1.807) is 9.58 Å². The number of carbonyl (C=O) groups is 1. The average molecular weight is 399 g/mol. The van der Waals surface area contributed by atoms with E-state index in [9.17, 15) is 9.90 Å². The predicted molar refractivity (Wildman–Crippen MR) is 114 cm³/mol. The van der Waals surface area contributed by atoms with Gasteiger partial charge >= 0.3 is 0 Å². The summed E-state index contributed by atoms with van der Waals surface area (Å²) in [5.74, 6) is 0.330. The maximum atomic E-state index is 13.1. The van der Waals surface area contributed by atoms with Crippen molar-refractivity contribution in [2.45, 2.75) is 58.2 Å². The van der Waals surface area contributed by atoms with Gasteiger partial charge < -0.3 is 10.0 Å². The first-order chi connectivity index (χ1) is 13.7. The molecule has 1 unspecified atom stereocenters. The maximum Gasteiger partial charge on any atom is 0.256 e. The second-order valence-corrected chi connectivity index (χ2v) is 8.84. The van der Waals surface area contributed by atoms with Gasteiger partial charge in [0.05, 0.1) is 5.69 Å². The second-order valence-electron chi connectivity index (χ2n) is 8.84. The van der Waals surface area contributed by atoms with Crippen LogP contribution in [0.2, 0.25) is 0 Å². The van der Waals surface area contributed by atoms with Crippen molar-refractivity contribution in [3.05, 3.63) is 52.8 Å². The summed E-state index contributed by atoms with van der Waals surface area (Å²) in [5.41, 5.74) is 3.16. The molecule has 1 aromatic carbocycles. The van der Waals surface area contributed by atoms with Crippen molar-refractivity contribution >= 4 is 5.91 Å². The molecule has 0 spiro atoms. The summed E-state index contributed by atoms with van der Waals surface area (Å²) in [6.07, 6.45) is 3.31. The molecular weight excluding hydrogens is 364 g/mol. The van der Waals surface area contributed by atoms with Crippen LogP contribution in [0.4, 0.5) is 0 Å². The number of aliphatic hydroxyl groups is 1. The second kappa shape index (κ2) is 8.67. The van der Waals surface area contributed by atoms with Crippen molar-refractivity contribution in [1.82, 2.24) is 19.6 Å². The van der Waals surface area contributed by atoms with E-state index >= 15 is 0 Å². The van der Waals surface area contributed by atoms with Gasteiger partial charge in [0.1, 0.15) is 0 Å². The van der Waals surface area contributed by atoms with Gasteiger partial charge in [-0.15, -0.1) is 0 Å². The molecule has 6 nitrogen and oxygen atoms in total. The monoisotopic (exact) mass is 398 g/mol. The number of aryl methyl sites for hydroxylation is 2. The number of piperidine rings is 1. The molecule has 0 bridgehead atoms. The Hall–Kier alpha value is -2.18. The van der Waals surface area contributed by atoms with E-state index in [0.717, 1.165) is 23.2 Å². The van der Waals surface area contributed by atoms with E-state index in [-0.39, 0.29) is 5.91 Å². The van der Waals surface area contributed by atoms with Gasteiger partial charge in [0.15, 0.2) is 5.60 Å². The van der Waals surface area contributed by atoms with E-state index in [1.807, 2.05) is 32.1 Å². The molecule has 1 N–H and O–H groups in total. The van der Waals surface area contributed by atoms with Crippen LogP contribution in [-0.4, -0.2) is 56.3 Å². The van der Waals surface area contributed by atoms with E-state index < -0.39 is 5.60 Å². The third-order valence-corrected chi connectivity index (χ3v) is 5.81. The molecular formula is C23H34N4O2. The summed E-state index contributed by atoms with van der Waals surface area (Å²) in [5, 5.41) is 15.5. The molecule has 0 saturated carbocycles. The fraction of sp³-hybridized carbons (Fsp3) is 0.565. The van der Waals surface area contributed by atoms with Gasteiger partial charge in [-0.2, -0.15) is 5.10 Å². The normalized spacial score (nSPS) is 20.1. The van der Waals surface area contributed by atoms with Gasteiger partial charge in [-0.05, 0) is 43.9 Å². The van der Waals surface area contributed by atoms with Crippen molar-refractivity contribution < 1.29 is 9.90 Å². The highest BCUT2D eigenvalue weighted by Gasteiger charge is 2.42. The Morgan fingerprint density at radius 1 is 1.28 bits per heavy atom. The fourth-order valence-electron chi connectivity index (χ4n) is 4.19. The fourth-order valence-corrected chi connectivity index (χ4v) is 4.19. The highest BCUT2D eigenvalue weighted by atomic mass is 16.3. The molecule has 2 aromatic rings. The predicted octanol–water partition coefficient (Wildman–Crippen LogP) is 2.84. The summed E-state index contributed by atoms with van der Waals surface area (Å²) in [6.45, 7) is 8.55. The highest BCUT2D eigenvalue weighted by molar-refractivity contribution is 5.86. The lowest BCUT2D eigenvalue weighted by molar-refractivity contribution is -0.160. The Kier molecular flexibility index (Phi) is 6.44. The van der Waals surface area contributed by atoms with Crippen LogP contribution in [0.15, 0.2) is 30.5 Å². The number of carbonyl (C=O) groups excluding carboxylic acids is 1. The summed E-state index contributed by atoms with van der Waals surface area (Å²) in [6, 6.07) is 8.44. The molecule has 3 rings (SSSR count). The lowest BCUT2D eigenvalue weighted by atomic mass is 9.90. The Bertz CT molecular complexity index is 843. The Morgan fingerprint density at radius 2 is 1.97 bits per heavy atom. The summed E-state index contributed by atoms with van der Waals surface area (Å²) in [7, 11) is 3.85. The van der Waals surface area contributed by atoms with Crippen LogP contribution in [0.3, 0.4) is 0 Å². The number of likely N-dealkylation sites (tertiary alicyclic amines) is 1. The van der Waals surface area contributed by atoms with Gasteiger partial charge in [0, 0.05) is 45.0 Å². The van der Waals surface area contributed by atoms with Crippen molar-refractivity contribution in [3.63, 3.8) is 0 Å². The van der Waals surface area contributed by atoms with Crippen LogP contribution in [0.1, 0.15) is 55.0 Å². The third-order valence-electron chi connectivity index (χ3n) is 5.81. The molecule has 1 amide bonds. The van der Waals surface area contributed by atoms with Crippen LogP contribution in [0, 0.1) is 6.92 Å². The zero-order valence-electron chi connectivity index (χ0n) is 18.4. The molecule has 1 atom stereocenters. The number of amides is 1. The molecule has 0 aliphatic carbocycles. The van der Waals surface area contributed by atoms with E-state index in [4.69, 9.17) is 0 Å². The summed E-state index contributed by atoms with van der Waals surface area (Å²) < 4.78 is 1.80.